The Hall–Kier alpha value is -5.52. The van der Waals surface area contributed by atoms with E-state index in [1.807, 2.05) is 47.6 Å². The summed E-state index contributed by atoms with van der Waals surface area (Å²) < 4.78 is 44.1. The van der Waals surface area contributed by atoms with Crippen LogP contribution in [0.2, 0.25) is 0 Å². The van der Waals surface area contributed by atoms with E-state index in [4.69, 9.17) is 9.47 Å². The zero-order chi connectivity index (χ0) is 39.0. The quantitative estimate of drug-likeness (QED) is 0.189. The largest absolute Gasteiger partial charge is 0.444 e. The van der Waals surface area contributed by atoms with Crippen molar-refractivity contribution in [2.24, 2.45) is 0 Å². The van der Waals surface area contributed by atoms with Crippen LogP contribution in [0.5, 0.6) is 0 Å². The van der Waals surface area contributed by atoms with Gasteiger partial charge in [0.25, 0.3) is 5.92 Å². The second-order valence-corrected chi connectivity index (χ2v) is 16.8. The van der Waals surface area contributed by atoms with E-state index in [0.29, 0.717) is 81.9 Å². The minimum Gasteiger partial charge on any atom is -0.444 e. The Morgan fingerprint density at radius 1 is 0.745 bits per heavy atom. The number of nitrogens with one attached hydrogen (secondary N) is 2. The Morgan fingerprint density at radius 2 is 1.29 bits per heavy atom. The SMILES string of the molecule is CC(C)(C)OC(=O)N1CCCC1c1cc(=O)c2ccc(-c3ccc4c(c3)C(F)(F)c3cc(-c5cnc(C6CCCN6C(=O)OC(C)(C)C)[nH]5)ccc3-4)cc2[nH]1. The monoisotopic (exact) mass is 749 g/mol. The van der Waals surface area contributed by atoms with Crippen LogP contribution in [0.4, 0.5) is 18.4 Å². The third-order valence-corrected chi connectivity index (χ3v) is 10.5. The number of carbonyl (C=O) groups excluding carboxylic acids is 2. The van der Waals surface area contributed by atoms with Crippen molar-refractivity contribution in [3.8, 4) is 33.5 Å². The summed E-state index contributed by atoms with van der Waals surface area (Å²) in [6.07, 6.45) is 3.76. The van der Waals surface area contributed by atoms with Gasteiger partial charge >= 0.3 is 12.2 Å². The Bertz CT molecular complexity index is 2410. The lowest BCUT2D eigenvalue weighted by Crippen LogP contribution is -2.36. The van der Waals surface area contributed by atoms with E-state index >= 15 is 8.78 Å². The Morgan fingerprint density at radius 3 is 1.93 bits per heavy atom. The van der Waals surface area contributed by atoms with Gasteiger partial charge in [0.2, 0.25) is 0 Å². The van der Waals surface area contributed by atoms with Crippen molar-refractivity contribution >= 4 is 23.1 Å². The number of pyridine rings is 1. The van der Waals surface area contributed by atoms with E-state index in [-0.39, 0.29) is 28.6 Å². The highest BCUT2D eigenvalue weighted by Crippen LogP contribution is 2.53. The van der Waals surface area contributed by atoms with E-state index in [1.54, 1.807) is 52.4 Å². The number of fused-ring (bicyclic) bond motifs is 4. The molecule has 2 aromatic heterocycles. The van der Waals surface area contributed by atoms with Crippen molar-refractivity contribution in [2.45, 2.75) is 96.4 Å². The molecule has 0 saturated carbocycles. The highest BCUT2D eigenvalue weighted by molar-refractivity contribution is 5.88. The van der Waals surface area contributed by atoms with Gasteiger partial charge in [-0.15, -0.1) is 0 Å². The molecule has 5 aromatic rings. The van der Waals surface area contributed by atoms with Gasteiger partial charge in [-0.05, 0) is 114 Å². The molecule has 2 N–H and O–H groups in total. The number of carbonyl (C=O) groups is 2. The maximum atomic E-state index is 16.4. The zero-order valence-corrected chi connectivity index (χ0v) is 31.9. The predicted molar refractivity (Wildman–Crippen MR) is 206 cm³/mol. The summed E-state index contributed by atoms with van der Waals surface area (Å²) in [6.45, 7) is 12.0. The average Bonchev–Trinajstić information content (AvgIpc) is 3.93. The fourth-order valence-corrected chi connectivity index (χ4v) is 8.07. The maximum absolute atomic E-state index is 16.4. The van der Waals surface area contributed by atoms with E-state index in [2.05, 4.69) is 15.0 Å². The molecule has 2 amide bonds. The van der Waals surface area contributed by atoms with Crippen molar-refractivity contribution in [3.05, 3.63) is 99.7 Å². The molecule has 12 heteroatoms. The smallest absolute Gasteiger partial charge is 0.410 e. The summed E-state index contributed by atoms with van der Waals surface area (Å²) in [7, 11) is 0. The zero-order valence-electron chi connectivity index (χ0n) is 31.9. The number of aromatic nitrogens is 3. The lowest BCUT2D eigenvalue weighted by molar-refractivity contribution is 0.0209. The number of hydrogen-bond acceptors (Lipinski definition) is 6. The second-order valence-electron chi connectivity index (χ2n) is 16.8. The molecule has 2 aliphatic heterocycles. The van der Waals surface area contributed by atoms with Gasteiger partial charge < -0.3 is 19.4 Å². The first-order valence-electron chi connectivity index (χ1n) is 18.9. The molecule has 3 aromatic carbocycles. The van der Waals surface area contributed by atoms with E-state index in [0.717, 1.165) is 12.8 Å². The van der Waals surface area contributed by atoms with Gasteiger partial charge in [0.15, 0.2) is 5.43 Å². The van der Waals surface area contributed by atoms with Crippen molar-refractivity contribution in [1.82, 2.24) is 24.8 Å². The molecular formula is C43H45F2N5O5. The van der Waals surface area contributed by atoms with E-state index < -0.39 is 29.3 Å². The fourth-order valence-electron chi connectivity index (χ4n) is 8.07. The summed E-state index contributed by atoms with van der Waals surface area (Å²) in [5, 5.41) is 0.466. The summed E-state index contributed by atoms with van der Waals surface area (Å²) in [5.41, 5.74) is 2.82. The molecule has 2 fully saturated rings. The number of likely N-dealkylation sites (tertiary alicyclic amines) is 2. The number of halogens is 2. The highest BCUT2D eigenvalue weighted by Gasteiger charge is 2.45. The average molecular weight is 750 g/mol. The molecule has 55 heavy (non-hydrogen) atoms. The summed E-state index contributed by atoms with van der Waals surface area (Å²) in [4.78, 5) is 53.7. The number of ether oxygens (including phenoxy) is 2. The van der Waals surface area contributed by atoms with Crippen LogP contribution in [-0.4, -0.2) is 61.2 Å². The molecule has 2 saturated heterocycles. The van der Waals surface area contributed by atoms with Crippen molar-refractivity contribution in [2.75, 3.05) is 13.1 Å². The van der Waals surface area contributed by atoms with Crippen LogP contribution in [0.3, 0.4) is 0 Å². The Balaban J connectivity index is 1.06. The molecule has 286 valence electrons. The number of aromatic amines is 2. The van der Waals surface area contributed by atoms with Gasteiger partial charge in [-0.1, -0.05) is 30.3 Å². The van der Waals surface area contributed by atoms with Gasteiger partial charge in [0.1, 0.15) is 17.0 Å². The van der Waals surface area contributed by atoms with Crippen LogP contribution in [0.25, 0.3) is 44.4 Å². The number of nitrogens with zero attached hydrogens (tertiary/aromatic N) is 3. The number of benzene rings is 3. The van der Waals surface area contributed by atoms with Crippen LogP contribution >= 0.6 is 0 Å². The van der Waals surface area contributed by atoms with Crippen LogP contribution in [0, 0.1) is 0 Å². The van der Waals surface area contributed by atoms with Crippen LogP contribution in [0.15, 0.2) is 71.7 Å². The van der Waals surface area contributed by atoms with Crippen LogP contribution < -0.4 is 5.43 Å². The number of imidazole rings is 1. The Kier molecular flexibility index (Phi) is 8.66. The van der Waals surface area contributed by atoms with E-state index in [9.17, 15) is 14.4 Å². The maximum Gasteiger partial charge on any atom is 0.410 e. The van der Waals surface area contributed by atoms with Gasteiger partial charge in [0, 0.05) is 46.9 Å². The lowest BCUT2D eigenvalue weighted by Gasteiger charge is -2.28. The lowest BCUT2D eigenvalue weighted by atomic mass is 9.97. The predicted octanol–water partition coefficient (Wildman–Crippen LogP) is 9.85. The van der Waals surface area contributed by atoms with E-state index in [1.165, 1.54) is 18.2 Å². The van der Waals surface area contributed by atoms with Gasteiger partial charge in [-0.2, -0.15) is 8.78 Å². The minimum absolute atomic E-state index is 0.0943. The molecular weight excluding hydrogens is 704 g/mol. The molecule has 0 spiro atoms. The number of amides is 2. The normalized spacial score (nSPS) is 19.1. The Labute approximate surface area is 317 Å². The molecule has 0 bridgehead atoms. The number of hydrogen-bond donors (Lipinski definition) is 2. The summed E-state index contributed by atoms with van der Waals surface area (Å²) in [5.74, 6) is -2.68. The molecule has 3 aliphatic rings. The number of rotatable bonds is 4. The molecule has 1 aliphatic carbocycles. The minimum atomic E-state index is -3.27. The van der Waals surface area contributed by atoms with Gasteiger partial charge in [-0.3, -0.25) is 14.6 Å². The first-order chi connectivity index (χ1) is 26.0. The first-order valence-corrected chi connectivity index (χ1v) is 18.9. The van der Waals surface area contributed by atoms with Crippen molar-refractivity contribution < 1.29 is 27.8 Å². The van der Waals surface area contributed by atoms with Crippen molar-refractivity contribution in [3.63, 3.8) is 0 Å². The van der Waals surface area contributed by atoms with Crippen LogP contribution in [-0.2, 0) is 15.4 Å². The van der Waals surface area contributed by atoms with Gasteiger partial charge in [0.05, 0.1) is 29.5 Å². The molecule has 2 unspecified atom stereocenters. The fraction of sp³-hybridized carbons (Fsp3) is 0.395. The summed E-state index contributed by atoms with van der Waals surface area (Å²) >= 11 is 0. The molecule has 0 radical (unpaired) electrons. The van der Waals surface area contributed by atoms with Crippen molar-refractivity contribution in [1.29, 1.82) is 0 Å². The second kappa shape index (κ2) is 13.1. The highest BCUT2D eigenvalue weighted by atomic mass is 19.3. The standard InChI is InChI=1S/C43H45F2N5O5/c1-41(2,3)54-39(52)49-17-7-9-35(49)33-22-37(51)29-16-12-25(21-32(29)47-33)24-11-14-27-28-15-13-26(20-31(28)43(44,45)30(27)19-24)34-23-46-38(48-34)36-10-8-18-50(36)40(53)55-42(4,5)6/h11-16,19-23,35-36H,7-10,17-18H2,1-6H3,(H,46,48)(H,47,51). The topological polar surface area (TPSA) is 121 Å². The summed E-state index contributed by atoms with van der Waals surface area (Å²) in [6, 6.07) is 16.3. The molecule has 2 atom stereocenters. The third kappa shape index (κ3) is 6.76. The molecule has 8 rings (SSSR count). The molecule has 4 heterocycles. The third-order valence-electron chi connectivity index (χ3n) is 10.5. The number of H-pyrrole nitrogens is 2. The van der Waals surface area contributed by atoms with Crippen LogP contribution in [0.1, 0.15) is 102 Å². The van der Waals surface area contributed by atoms with Gasteiger partial charge in [-0.25, -0.2) is 14.6 Å². The number of alkyl halides is 2. The first kappa shape index (κ1) is 36.5. The molecule has 10 nitrogen and oxygen atoms in total.